The van der Waals surface area contributed by atoms with E-state index in [1.807, 2.05) is 32.7 Å². The molecule has 5 heteroatoms. The second kappa shape index (κ2) is 6.84. The molecule has 1 saturated heterocycles. The van der Waals surface area contributed by atoms with Gasteiger partial charge in [0.1, 0.15) is 0 Å². The lowest BCUT2D eigenvalue weighted by molar-refractivity contribution is 0.0361. The first-order valence-electron chi connectivity index (χ1n) is 7.18. The Bertz CT molecular complexity index is 314. The van der Waals surface area contributed by atoms with Crippen LogP contribution in [0.1, 0.15) is 40.5 Å². The van der Waals surface area contributed by atoms with Gasteiger partial charge < -0.3 is 15.3 Å². The number of thioether (sulfide) groups is 1. The summed E-state index contributed by atoms with van der Waals surface area (Å²) < 4.78 is 0.266. The van der Waals surface area contributed by atoms with E-state index in [0.29, 0.717) is 6.54 Å². The summed E-state index contributed by atoms with van der Waals surface area (Å²) in [5.41, 5.74) is -0.629. The predicted octanol–water partition coefficient (Wildman–Crippen LogP) is 1.94. The van der Waals surface area contributed by atoms with Crippen molar-refractivity contribution in [2.24, 2.45) is 4.99 Å². The third-order valence-electron chi connectivity index (χ3n) is 3.83. The molecule has 2 N–H and O–H groups in total. The van der Waals surface area contributed by atoms with Crippen molar-refractivity contribution in [3.05, 3.63) is 0 Å². The molecule has 0 aromatic carbocycles. The minimum atomic E-state index is -0.629. The summed E-state index contributed by atoms with van der Waals surface area (Å²) in [7, 11) is 1.81. The van der Waals surface area contributed by atoms with Crippen LogP contribution in [0.4, 0.5) is 0 Å². The maximum Gasteiger partial charge on any atom is 0.193 e. The highest BCUT2D eigenvalue weighted by atomic mass is 32.2. The fourth-order valence-electron chi connectivity index (χ4n) is 2.27. The Labute approximate surface area is 122 Å². The first-order chi connectivity index (χ1) is 8.86. The van der Waals surface area contributed by atoms with Gasteiger partial charge in [-0.3, -0.25) is 4.99 Å². The van der Waals surface area contributed by atoms with Crippen LogP contribution in [0.3, 0.4) is 0 Å². The van der Waals surface area contributed by atoms with Gasteiger partial charge in [0.15, 0.2) is 5.96 Å². The zero-order valence-corrected chi connectivity index (χ0v) is 13.8. The van der Waals surface area contributed by atoms with Gasteiger partial charge >= 0.3 is 0 Å². The standard InChI is InChI=1S/C14H29N3OS/c1-6-14(18,7-2)10-16-12(15-5)17-8-9-19-13(3,4)11-17/h18H,6-11H2,1-5H3,(H,15,16). The highest BCUT2D eigenvalue weighted by Crippen LogP contribution is 2.29. The molecule has 0 bridgehead atoms. The number of aliphatic imine (C=N–C) groups is 1. The lowest BCUT2D eigenvalue weighted by Crippen LogP contribution is -2.53. The summed E-state index contributed by atoms with van der Waals surface area (Å²) in [6.45, 7) is 11.2. The molecule has 0 amide bonds. The SMILES string of the molecule is CCC(O)(CC)CNC(=NC)N1CCSC(C)(C)C1. The Kier molecular flexibility index (Phi) is 5.99. The average Bonchev–Trinajstić information content (AvgIpc) is 2.38. The van der Waals surface area contributed by atoms with Crippen LogP contribution in [0, 0.1) is 0 Å². The Hall–Kier alpha value is -0.420. The average molecular weight is 287 g/mol. The molecule has 4 nitrogen and oxygen atoms in total. The van der Waals surface area contributed by atoms with E-state index in [4.69, 9.17) is 0 Å². The number of rotatable bonds is 4. The number of guanidine groups is 1. The molecule has 0 unspecified atom stereocenters. The van der Waals surface area contributed by atoms with Crippen LogP contribution in [0.25, 0.3) is 0 Å². The van der Waals surface area contributed by atoms with E-state index in [1.165, 1.54) is 0 Å². The highest BCUT2D eigenvalue weighted by Gasteiger charge is 2.30. The molecule has 0 aromatic rings. The van der Waals surface area contributed by atoms with Gasteiger partial charge in [-0.1, -0.05) is 13.8 Å². The van der Waals surface area contributed by atoms with Crippen molar-refractivity contribution in [3.8, 4) is 0 Å². The number of nitrogens with one attached hydrogen (secondary N) is 1. The van der Waals surface area contributed by atoms with Gasteiger partial charge in [0, 0.05) is 37.2 Å². The van der Waals surface area contributed by atoms with Crippen molar-refractivity contribution >= 4 is 17.7 Å². The van der Waals surface area contributed by atoms with E-state index < -0.39 is 5.60 Å². The first-order valence-corrected chi connectivity index (χ1v) is 8.16. The first kappa shape index (κ1) is 16.6. The maximum atomic E-state index is 10.3. The highest BCUT2D eigenvalue weighted by molar-refractivity contribution is 8.00. The van der Waals surface area contributed by atoms with Crippen LogP contribution in [-0.2, 0) is 0 Å². The quantitative estimate of drug-likeness (QED) is 0.613. The van der Waals surface area contributed by atoms with Crippen molar-refractivity contribution in [1.82, 2.24) is 10.2 Å². The Morgan fingerprint density at radius 1 is 1.42 bits per heavy atom. The Morgan fingerprint density at radius 2 is 2.05 bits per heavy atom. The van der Waals surface area contributed by atoms with Gasteiger partial charge in [-0.05, 0) is 26.7 Å². The summed E-state index contributed by atoms with van der Waals surface area (Å²) in [5, 5.41) is 13.7. The van der Waals surface area contributed by atoms with Crippen LogP contribution >= 0.6 is 11.8 Å². The Balaban J connectivity index is 2.59. The molecule has 1 fully saturated rings. The second-order valence-electron chi connectivity index (χ2n) is 5.86. The molecule has 1 aliphatic rings. The molecule has 1 aliphatic heterocycles. The normalized spacial score (nSPS) is 20.5. The largest absolute Gasteiger partial charge is 0.388 e. The van der Waals surface area contributed by atoms with Crippen molar-refractivity contribution < 1.29 is 5.11 Å². The van der Waals surface area contributed by atoms with E-state index in [-0.39, 0.29) is 4.75 Å². The molecule has 0 aliphatic carbocycles. The van der Waals surface area contributed by atoms with Gasteiger partial charge in [-0.15, -0.1) is 0 Å². The molecule has 0 aromatic heterocycles. The molecule has 1 rings (SSSR count). The maximum absolute atomic E-state index is 10.3. The second-order valence-corrected chi connectivity index (χ2v) is 7.66. The third kappa shape index (κ3) is 4.88. The van der Waals surface area contributed by atoms with Crippen molar-refractivity contribution in [1.29, 1.82) is 0 Å². The Morgan fingerprint density at radius 3 is 2.53 bits per heavy atom. The number of hydrogen-bond acceptors (Lipinski definition) is 3. The van der Waals surface area contributed by atoms with E-state index >= 15 is 0 Å². The van der Waals surface area contributed by atoms with Crippen molar-refractivity contribution in [3.63, 3.8) is 0 Å². The van der Waals surface area contributed by atoms with Gasteiger partial charge in [0.05, 0.1) is 5.60 Å². The van der Waals surface area contributed by atoms with Crippen molar-refractivity contribution in [2.45, 2.75) is 50.9 Å². The number of nitrogens with zero attached hydrogens (tertiary/aromatic N) is 2. The minimum Gasteiger partial charge on any atom is -0.388 e. The topological polar surface area (TPSA) is 47.9 Å². The summed E-state index contributed by atoms with van der Waals surface area (Å²) in [6, 6.07) is 0. The molecule has 1 heterocycles. The molecule has 0 spiro atoms. The van der Waals surface area contributed by atoms with Gasteiger partial charge in [0.2, 0.25) is 0 Å². The van der Waals surface area contributed by atoms with Crippen molar-refractivity contribution in [2.75, 3.05) is 32.4 Å². The van der Waals surface area contributed by atoms with Gasteiger partial charge in [-0.2, -0.15) is 11.8 Å². The van der Waals surface area contributed by atoms with Crippen LogP contribution in [0.2, 0.25) is 0 Å². The van der Waals surface area contributed by atoms with E-state index in [1.54, 1.807) is 0 Å². The predicted molar refractivity (Wildman–Crippen MR) is 85.0 cm³/mol. The fourth-order valence-corrected chi connectivity index (χ4v) is 3.38. The molecule has 112 valence electrons. The lowest BCUT2D eigenvalue weighted by atomic mass is 9.98. The fraction of sp³-hybridized carbons (Fsp3) is 0.929. The summed E-state index contributed by atoms with van der Waals surface area (Å²) in [4.78, 5) is 6.65. The molecule has 0 saturated carbocycles. The summed E-state index contributed by atoms with van der Waals surface area (Å²) in [6.07, 6.45) is 1.52. The summed E-state index contributed by atoms with van der Waals surface area (Å²) >= 11 is 2.01. The lowest BCUT2D eigenvalue weighted by Gasteiger charge is -2.40. The van der Waals surface area contributed by atoms with E-state index in [9.17, 15) is 5.11 Å². The zero-order chi connectivity index (χ0) is 14.5. The molecular formula is C14H29N3OS. The monoisotopic (exact) mass is 287 g/mol. The van der Waals surface area contributed by atoms with Crippen LogP contribution in [0.5, 0.6) is 0 Å². The minimum absolute atomic E-state index is 0.266. The van der Waals surface area contributed by atoms with Gasteiger partial charge in [-0.25, -0.2) is 0 Å². The van der Waals surface area contributed by atoms with Crippen LogP contribution in [0.15, 0.2) is 4.99 Å². The van der Waals surface area contributed by atoms with Crippen LogP contribution in [-0.4, -0.2) is 58.7 Å². The summed E-state index contributed by atoms with van der Waals surface area (Å²) in [5.74, 6) is 2.04. The third-order valence-corrected chi connectivity index (χ3v) is 5.13. The molecule has 19 heavy (non-hydrogen) atoms. The van der Waals surface area contributed by atoms with Crippen LogP contribution < -0.4 is 5.32 Å². The number of aliphatic hydroxyl groups is 1. The number of hydrogen-bond donors (Lipinski definition) is 2. The zero-order valence-electron chi connectivity index (χ0n) is 13.0. The smallest absolute Gasteiger partial charge is 0.193 e. The molecular weight excluding hydrogens is 258 g/mol. The van der Waals surface area contributed by atoms with E-state index in [2.05, 4.69) is 29.1 Å². The van der Waals surface area contributed by atoms with Gasteiger partial charge in [0.25, 0.3) is 0 Å². The molecule has 0 atom stereocenters. The molecule has 0 radical (unpaired) electrons. The van der Waals surface area contributed by atoms with E-state index in [0.717, 1.165) is 37.6 Å².